The van der Waals surface area contributed by atoms with Crippen LogP contribution in [-0.4, -0.2) is 30.5 Å². The molecule has 0 spiro atoms. The second-order valence-electron chi connectivity index (χ2n) is 1.96. The molecule has 0 aromatic rings. The zero-order valence-corrected chi connectivity index (χ0v) is 8.74. The minimum absolute atomic E-state index is 0.184. The van der Waals surface area contributed by atoms with Crippen molar-refractivity contribution in [1.29, 1.82) is 0 Å². The lowest BCUT2D eigenvalue weighted by Gasteiger charge is -2.09. The number of alkyl halides is 1. The quantitative estimate of drug-likeness (QED) is 0.319. The fourth-order valence-electron chi connectivity index (χ4n) is 0.463. The molecule has 0 saturated heterocycles. The van der Waals surface area contributed by atoms with E-state index >= 15 is 0 Å². The van der Waals surface area contributed by atoms with E-state index < -0.39 is 0 Å². The summed E-state index contributed by atoms with van der Waals surface area (Å²) < 4.78 is 0. The van der Waals surface area contributed by atoms with E-state index in [1.165, 1.54) is 13.2 Å². The van der Waals surface area contributed by atoms with Crippen LogP contribution in [0, 0.1) is 0 Å². The summed E-state index contributed by atoms with van der Waals surface area (Å²) >= 11 is 3.22. The van der Waals surface area contributed by atoms with Crippen LogP contribution < -0.4 is 0 Å². The van der Waals surface area contributed by atoms with Gasteiger partial charge in [-0.1, -0.05) is 34.2 Å². The normalized spacial score (nSPS) is 11.2. The molecule has 0 aliphatic heterocycles. The third kappa shape index (κ3) is 5.09. The van der Waals surface area contributed by atoms with Crippen LogP contribution >= 0.6 is 15.9 Å². The first-order valence-electron chi connectivity index (χ1n) is 3.43. The van der Waals surface area contributed by atoms with E-state index in [1.807, 2.05) is 6.08 Å². The Labute approximate surface area is 80.8 Å². The van der Waals surface area contributed by atoms with Crippen molar-refractivity contribution in [2.75, 3.05) is 19.5 Å². The largest absolute Gasteiger partial charge is 0.274 e. The molecule has 0 aliphatic rings. The standard InChI is InChI=1S/C8H12BrNO2/c1-10(12-2)8(11)6-4-3-5-7-9/h3-6H,7H2,1-2H3. The van der Waals surface area contributed by atoms with E-state index in [-0.39, 0.29) is 5.91 Å². The number of hydroxylamine groups is 2. The van der Waals surface area contributed by atoms with Crippen LogP contribution in [0.3, 0.4) is 0 Å². The van der Waals surface area contributed by atoms with Gasteiger partial charge in [0.2, 0.25) is 0 Å². The first kappa shape index (κ1) is 11.4. The number of carbonyl (C=O) groups is 1. The van der Waals surface area contributed by atoms with E-state index in [2.05, 4.69) is 20.8 Å². The van der Waals surface area contributed by atoms with Crippen molar-refractivity contribution in [2.24, 2.45) is 0 Å². The first-order chi connectivity index (χ1) is 5.72. The fourth-order valence-corrected chi connectivity index (χ4v) is 0.679. The van der Waals surface area contributed by atoms with Gasteiger partial charge >= 0.3 is 0 Å². The summed E-state index contributed by atoms with van der Waals surface area (Å²) in [7, 11) is 3.00. The maximum Gasteiger partial charge on any atom is 0.269 e. The van der Waals surface area contributed by atoms with Gasteiger partial charge in [0.15, 0.2) is 0 Å². The van der Waals surface area contributed by atoms with Gasteiger partial charge in [0.05, 0.1) is 7.11 Å². The third-order valence-electron chi connectivity index (χ3n) is 1.16. The van der Waals surface area contributed by atoms with Crippen molar-refractivity contribution in [3.63, 3.8) is 0 Å². The number of rotatable bonds is 4. The Morgan fingerprint density at radius 1 is 1.58 bits per heavy atom. The minimum Gasteiger partial charge on any atom is -0.274 e. The van der Waals surface area contributed by atoms with Crippen molar-refractivity contribution < 1.29 is 9.63 Å². The topological polar surface area (TPSA) is 29.5 Å². The average Bonchev–Trinajstić information content (AvgIpc) is 2.10. The van der Waals surface area contributed by atoms with E-state index in [4.69, 9.17) is 0 Å². The molecule has 4 heteroatoms. The fraction of sp³-hybridized carbons (Fsp3) is 0.375. The van der Waals surface area contributed by atoms with E-state index in [9.17, 15) is 4.79 Å². The molecule has 0 atom stereocenters. The van der Waals surface area contributed by atoms with E-state index in [1.54, 1.807) is 19.2 Å². The molecular formula is C8H12BrNO2. The lowest BCUT2D eigenvalue weighted by atomic mass is 10.4. The van der Waals surface area contributed by atoms with E-state index in [0.29, 0.717) is 0 Å². The lowest BCUT2D eigenvalue weighted by Crippen LogP contribution is -2.22. The van der Waals surface area contributed by atoms with Crippen LogP contribution in [0.15, 0.2) is 24.3 Å². The van der Waals surface area contributed by atoms with Crippen molar-refractivity contribution in [1.82, 2.24) is 5.06 Å². The second kappa shape index (κ2) is 7.06. The van der Waals surface area contributed by atoms with Crippen molar-refractivity contribution >= 4 is 21.8 Å². The Kier molecular flexibility index (Phi) is 6.70. The van der Waals surface area contributed by atoms with Gasteiger partial charge in [-0.25, -0.2) is 5.06 Å². The predicted molar refractivity (Wildman–Crippen MR) is 51.9 cm³/mol. The summed E-state index contributed by atoms with van der Waals surface area (Å²) in [6, 6.07) is 0. The Balaban J connectivity index is 3.83. The number of halogens is 1. The van der Waals surface area contributed by atoms with Crippen LogP contribution in [0.2, 0.25) is 0 Å². The second-order valence-corrected chi connectivity index (χ2v) is 2.61. The Morgan fingerprint density at radius 3 is 2.75 bits per heavy atom. The molecule has 0 unspecified atom stereocenters. The van der Waals surface area contributed by atoms with Crippen LogP contribution in [0.5, 0.6) is 0 Å². The number of allylic oxidation sites excluding steroid dienone is 3. The zero-order valence-electron chi connectivity index (χ0n) is 7.16. The minimum atomic E-state index is -0.184. The maximum absolute atomic E-state index is 11.0. The number of amides is 1. The summed E-state index contributed by atoms with van der Waals surface area (Å²) in [5.74, 6) is -0.184. The lowest BCUT2D eigenvalue weighted by molar-refractivity contribution is -0.162. The Bertz CT molecular complexity index is 189. The monoisotopic (exact) mass is 233 g/mol. The molecule has 1 amide bonds. The molecule has 0 saturated carbocycles. The first-order valence-corrected chi connectivity index (χ1v) is 4.55. The third-order valence-corrected chi connectivity index (χ3v) is 1.53. The number of carbonyl (C=O) groups excluding carboxylic acids is 1. The summed E-state index contributed by atoms with van der Waals surface area (Å²) in [6.45, 7) is 0. The van der Waals surface area contributed by atoms with Gasteiger partial charge in [0.1, 0.15) is 0 Å². The highest BCUT2D eigenvalue weighted by atomic mass is 79.9. The molecule has 0 rings (SSSR count). The molecule has 0 aromatic carbocycles. The molecule has 0 fully saturated rings. The summed E-state index contributed by atoms with van der Waals surface area (Å²) in [5, 5.41) is 1.93. The van der Waals surface area contributed by atoms with Crippen LogP contribution in [-0.2, 0) is 9.63 Å². The highest BCUT2D eigenvalue weighted by molar-refractivity contribution is 9.09. The van der Waals surface area contributed by atoms with Gasteiger partial charge < -0.3 is 0 Å². The Morgan fingerprint density at radius 2 is 2.25 bits per heavy atom. The SMILES string of the molecule is CON(C)C(=O)C=CC=CCBr. The summed E-state index contributed by atoms with van der Waals surface area (Å²) in [4.78, 5) is 15.7. The zero-order chi connectivity index (χ0) is 9.40. The maximum atomic E-state index is 11.0. The highest BCUT2D eigenvalue weighted by Crippen LogP contribution is 1.88. The molecule has 12 heavy (non-hydrogen) atoms. The summed E-state index contributed by atoms with van der Waals surface area (Å²) in [6.07, 6.45) is 6.77. The molecular weight excluding hydrogens is 222 g/mol. The molecule has 0 aromatic heterocycles. The van der Waals surface area contributed by atoms with Crippen molar-refractivity contribution in [3.8, 4) is 0 Å². The van der Waals surface area contributed by atoms with Gasteiger partial charge in [0.25, 0.3) is 5.91 Å². The van der Waals surface area contributed by atoms with Crippen LogP contribution in [0.4, 0.5) is 0 Å². The van der Waals surface area contributed by atoms with Gasteiger partial charge in [-0.05, 0) is 0 Å². The smallest absolute Gasteiger partial charge is 0.269 e. The van der Waals surface area contributed by atoms with Crippen LogP contribution in [0.25, 0.3) is 0 Å². The average molecular weight is 234 g/mol. The molecule has 0 heterocycles. The molecule has 3 nitrogen and oxygen atoms in total. The number of nitrogens with zero attached hydrogens (tertiary/aromatic N) is 1. The molecule has 0 aliphatic carbocycles. The number of likely N-dealkylation sites (N-methyl/N-ethyl adjacent to an activating group) is 1. The number of hydrogen-bond donors (Lipinski definition) is 0. The molecule has 0 bridgehead atoms. The molecule has 0 radical (unpaired) electrons. The van der Waals surface area contributed by atoms with E-state index in [0.717, 1.165) is 10.4 Å². The number of hydrogen-bond acceptors (Lipinski definition) is 2. The van der Waals surface area contributed by atoms with Crippen LogP contribution in [0.1, 0.15) is 0 Å². The predicted octanol–water partition coefficient (Wildman–Crippen LogP) is 1.51. The molecule has 0 N–H and O–H groups in total. The summed E-state index contributed by atoms with van der Waals surface area (Å²) in [5.41, 5.74) is 0. The Hall–Kier alpha value is -0.610. The van der Waals surface area contributed by atoms with Crippen molar-refractivity contribution in [3.05, 3.63) is 24.3 Å². The van der Waals surface area contributed by atoms with Crippen molar-refractivity contribution in [2.45, 2.75) is 0 Å². The van der Waals surface area contributed by atoms with Gasteiger partial charge in [-0.3, -0.25) is 9.63 Å². The van der Waals surface area contributed by atoms with Gasteiger partial charge in [-0.15, -0.1) is 0 Å². The highest BCUT2D eigenvalue weighted by Gasteiger charge is 1.99. The van der Waals surface area contributed by atoms with Gasteiger partial charge in [-0.2, -0.15) is 0 Å². The molecule has 68 valence electrons. The van der Waals surface area contributed by atoms with Gasteiger partial charge in [0, 0.05) is 18.5 Å².